The Morgan fingerprint density at radius 2 is 2.00 bits per heavy atom. The minimum Gasteiger partial charge on any atom is -0.381 e. The van der Waals surface area contributed by atoms with Crippen LogP contribution in [0.1, 0.15) is 23.8 Å². The van der Waals surface area contributed by atoms with Crippen molar-refractivity contribution in [2.24, 2.45) is 20.0 Å². The number of aryl methyl sites for hydroxylation is 2. The summed E-state index contributed by atoms with van der Waals surface area (Å²) < 4.78 is 9.79. The number of halogens is 2. The van der Waals surface area contributed by atoms with Crippen molar-refractivity contribution >= 4 is 38.6 Å². The predicted molar refractivity (Wildman–Crippen MR) is 88.0 cm³/mol. The molecule has 4 nitrogen and oxygen atoms in total. The fourth-order valence-electron chi connectivity index (χ4n) is 3.00. The summed E-state index contributed by atoms with van der Waals surface area (Å²) in [6.07, 6.45) is 2.13. The second kappa shape index (κ2) is 5.78. The van der Waals surface area contributed by atoms with Gasteiger partial charge in [0.05, 0.1) is 23.0 Å². The standard InChI is InChI=1S/C15H18BrClN2O2/c1-18-12-6-10(14(17)9-4-3-5-21-8-9)11(16)7-13(12)19(2)15(18)20/h6-7,9,14H,3-5,8H2,1-2H3. The Bertz CT molecular complexity index is 731. The normalized spacial score (nSPS) is 20.9. The van der Waals surface area contributed by atoms with Crippen LogP contribution < -0.4 is 5.69 Å². The van der Waals surface area contributed by atoms with Crippen molar-refractivity contribution < 1.29 is 4.74 Å². The molecule has 0 N–H and O–H groups in total. The highest BCUT2D eigenvalue weighted by atomic mass is 79.9. The van der Waals surface area contributed by atoms with Crippen LogP contribution in [0.25, 0.3) is 11.0 Å². The summed E-state index contributed by atoms with van der Waals surface area (Å²) in [5.74, 6) is 0.315. The minimum atomic E-state index is -0.112. The molecule has 1 aromatic carbocycles. The zero-order chi connectivity index (χ0) is 15.1. The van der Waals surface area contributed by atoms with E-state index in [1.54, 1.807) is 23.2 Å². The molecule has 0 bridgehead atoms. The topological polar surface area (TPSA) is 36.2 Å². The molecule has 0 radical (unpaired) electrons. The predicted octanol–water partition coefficient (Wildman–Crippen LogP) is 3.35. The number of imidazole rings is 1. The first kappa shape index (κ1) is 15.1. The van der Waals surface area contributed by atoms with Crippen LogP contribution in [0.5, 0.6) is 0 Å². The molecule has 0 saturated carbocycles. The van der Waals surface area contributed by atoms with Crippen LogP contribution in [-0.2, 0) is 18.8 Å². The Labute approximate surface area is 136 Å². The molecule has 2 atom stereocenters. The zero-order valence-electron chi connectivity index (χ0n) is 12.1. The second-order valence-electron chi connectivity index (χ2n) is 5.64. The molecule has 2 heterocycles. The molecule has 1 saturated heterocycles. The molecule has 21 heavy (non-hydrogen) atoms. The molecular formula is C15H18BrClN2O2. The van der Waals surface area contributed by atoms with E-state index in [-0.39, 0.29) is 11.1 Å². The SMILES string of the molecule is Cn1c(=O)n(C)c2cc(C(Cl)C3CCCOC3)c(Br)cc21. The summed E-state index contributed by atoms with van der Waals surface area (Å²) in [6.45, 7) is 1.53. The van der Waals surface area contributed by atoms with Gasteiger partial charge in [0.15, 0.2) is 0 Å². The molecule has 1 aliphatic heterocycles. The Kier molecular flexibility index (Phi) is 4.17. The van der Waals surface area contributed by atoms with Gasteiger partial charge in [-0.1, -0.05) is 15.9 Å². The molecule has 2 aromatic rings. The number of alkyl halides is 1. The molecule has 6 heteroatoms. The Balaban J connectivity index is 2.08. The summed E-state index contributed by atoms with van der Waals surface area (Å²) >= 11 is 10.3. The number of hydrogen-bond acceptors (Lipinski definition) is 2. The number of aromatic nitrogens is 2. The van der Waals surface area contributed by atoms with E-state index in [9.17, 15) is 4.79 Å². The maximum absolute atomic E-state index is 12.0. The monoisotopic (exact) mass is 372 g/mol. The Hall–Kier alpha value is -0.780. The highest BCUT2D eigenvalue weighted by Gasteiger charge is 2.26. The van der Waals surface area contributed by atoms with Crippen molar-refractivity contribution in [3.63, 3.8) is 0 Å². The minimum absolute atomic E-state index is 0.0267. The quantitative estimate of drug-likeness (QED) is 0.757. The third-order valence-corrected chi connectivity index (χ3v) is 5.58. The molecule has 1 fully saturated rings. The number of ether oxygens (including phenoxy) is 1. The smallest absolute Gasteiger partial charge is 0.328 e. The molecule has 1 aliphatic rings. The van der Waals surface area contributed by atoms with Gasteiger partial charge in [-0.15, -0.1) is 11.6 Å². The molecule has 0 spiro atoms. The molecule has 114 valence electrons. The van der Waals surface area contributed by atoms with Gasteiger partial charge in [0, 0.05) is 31.1 Å². The lowest BCUT2D eigenvalue weighted by Crippen LogP contribution is -2.21. The number of fused-ring (bicyclic) bond motifs is 1. The molecule has 0 aliphatic carbocycles. The maximum atomic E-state index is 12.0. The summed E-state index contributed by atoms with van der Waals surface area (Å²) in [6, 6.07) is 4.00. The third kappa shape index (κ3) is 2.56. The lowest BCUT2D eigenvalue weighted by molar-refractivity contribution is 0.0531. The van der Waals surface area contributed by atoms with E-state index in [1.165, 1.54) is 0 Å². The molecule has 2 unspecified atom stereocenters. The third-order valence-electron chi connectivity index (χ3n) is 4.30. The van der Waals surface area contributed by atoms with Crippen molar-refractivity contribution in [1.29, 1.82) is 0 Å². The van der Waals surface area contributed by atoms with Crippen LogP contribution in [0.15, 0.2) is 21.4 Å². The lowest BCUT2D eigenvalue weighted by Gasteiger charge is -2.27. The summed E-state index contributed by atoms with van der Waals surface area (Å²) in [4.78, 5) is 12.0. The van der Waals surface area contributed by atoms with Gasteiger partial charge in [-0.3, -0.25) is 9.13 Å². The average molecular weight is 374 g/mol. The van der Waals surface area contributed by atoms with Crippen LogP contribution in [0.2, 0.25) is 0 Å². The van der Waals surface area contributed by atoms with E-state index in [0.29, 0.717) is 12.5 Å². The summed E-state index contributed by atoms with van der Waals surface area (Å²) in [5.41, 5.74) is 2.81. The highest BCUT2D eigenvalue weighted by molar-refractivity contribution is 9.10. The van der Waals surface area contributed by atoms with Gasteiger partial charge in [0.25, 0.3) is 0 Å². The van der Waals surface area contributed by atoms with Crippen LogP contribution in [-0.4, -0.2) is 22.3 Å². The Morgan fingerprint density at radius 1 is 1.33 bits per heavy atom. The van der Waals surface area contributed by atoms with Crippen molar-refractivity contribution in [2.75, 3.05) is 13.2 Å². The first-order chi connectivity index (χ1) is 10.0. The fraction of sp³-hybridized carbons (Fsp3) is 0.533. The lowest BCUT2D eigenvalue weighted by atomic mass is 9.93. The molecule has 3 rings (SSSR count). The molecular weight excluding hydrogens is 356 g/mol. The number of benzene rings is 1. The van der Waals surface area contributed by atoms with Gasteiger partial charge in [-0.05, 0) is 30.5 Å². The van der Waals surface area contributed by atoms with Crippen LogP contribution in [0, 0.1) is 5.92 Å². The van der Waals surface area contributed by atoms with E-state index in [0.717, 1.165) is 40.5 Å². The van der Waals surface area contributed by atoms with Gasteiger partial charge in [-0.25, -0.2) is 4.79 Å². The van der Waals surface area contributed by atoms with Gasteiger partial charge in [-0.2, -0.15) is 0 Å². The van der Waals surface area contributed by atoms with Gasteiger partial charge in [0.2, 0.25) is 0 Å². The van der Waals surface area contributed by atoms with Gasteiger partial charge in [0.1, 0.15) is 0 Å². The molecule has 0 amide bonds. The van der Waals surface area contributed by atoms with E-state index < -0.39 is 0 Å². The first-order valence-corrected chi connectivity index (χ1v) is 8.30. The number of hydrogen-bond donors (Lipinski definition) is 0. The van der Waals surface area contributed by atoms with E-state index >= 15 is 0 Å². The highest BCUT2D eigenvalue weighted by Crippen LogP contribution is 2.39. The van der Waals surface area contributed by atoms with Gasteiger partial charge < -0.3 is 4.74 Å². The van der Waals surface area contributed by atoms with Crippen molar-refractivity contribution in [1.82, 2.24) is 9.13 Å². The average Bonchev–Trinajstić information content (AvgIpc) is 2.71. The van der Waals surface area contributed by atoms with E-state index in [4.69, 9.17) is 16.3 Å². The summed E-state index contributed by atoms with van der Waals surface area (Å²) in [7, 11) is 3.57. The maximum Gasteiger partial charge on any atom is 0.328 e. The number of nitrogens with zero attached hydrogens (tertiary/aromatic N) is 2. The Morgan fingerprint density at radius 3 is 2.62 bits per heavy atom. The first-order valence-electron chi connectivity index (χ1n) is 7.07. The number of rotatable bonds is 2. The van der Waals surface area contributed by atoms with Crippen LogP contribution in [0.3, 0.4) is 0 Å². The fourth-order valence-corrected chi connectivity index (χ4v) is 4.09. The zero-order valence-corrected chi connectivity index (χ0v) is 14.4. The molecule has 1 aromatic heterocycles. The van der Waals surface area contributed by atoms with E-state index in [1.807, 2.05) is 12.1 Å². The second-order valence-corrected chi connectivity index (χ2v) is 6.97. The van der Waals surface area contributed by atoms with Crippen molar-refractivity contribution in [3.05, 3.63) is 32.7 Å². The summed E-state index contributed by atoms with van der Waals surface area (Å²) in [5, 5.41) is -0.112. The van der Waals surface area contributed by atoms with Crippen molar-refractivity contribution in [3.8, 4) is 0 Å². The van der Waals surface area contributed by atoms with E-state index in [2.05, 4.69) is 15.9 Å². The van der Waals surface area contributed by atoms with Crippen molar-refractivity contribution in [2.45, 2.75) is 18.2 Å². The van der Waals surface area contributed by atoms with Crippen LogP contribution in [0.4, 0.5) is 0 Å². The largest absolute Gasteiger partial charge is 0.381 e. The van der Waals surface area contributed by atoms with Gasteiger partial charge >= 0.3 is 5.69 Å². The van der Waals surface area contributed by atoms with Crippen LogP contribution >= 0.6 is 27.5 Å².